The van der Waals surface area contributed by atoms with E-state index in [9.17, 15) is 0 Å². The summed E-state index contributed by atoms with van der Waals surface area (Å²) in [6, 6.07) is 1.89. The molecule has 1 atom stereocenters. The summed E-state index contributed by atoms with van der Waals surface area (Å²) < 4.78 is 5.93. The SMILES string of the molecule is CCCCCCC(C)Oc1cc(NCC)nc(CC)n1. The van der Waals surface area contributed by atoms with Crippen molar-refractivity contribution < 1.29 is 4.74 Å². The average molecular weight is 279 g/mol. The molecule has 0 fully saturated rings. The van der Waals surface area contributed by atoms with Gasteiger partial charge in [-0.2, -0.15) is 4.98 Å². The molecular formula is C16H29N3O. The number of anilines is 1. The van der Waals surface area contributed by atoms with E-state index < -0.39 is 0 Å². The fourth-order valence-corrected chi connectivity index (χ4v) is 2.09. The Hall–Kier alpha value is -1.32. The molecule has 0 aromatic carbocycles. The lowest BCUT2D eigenvalue weighted by Crippen LogP contribution is -2.14. The second-order valence-electron chi connectivity index (χ2n) is 5.17. The molecule has 0 spiro atoms. The maximum atomic E-state index is 5.93. The van der Waals surface area contributed by atoms with Crippen LogP contribution in [0.1, 0.15) is 65.6 Å². The van der Waals surface area contributed by atoms with E-state index in [1.54, 1.807) is 0 Å². The van der Waals surface area contributed by atoms with E-state index in [0.717, 1.165) is 31.0 Å². The maximum Gasteiger partial charge on any atom is 0.218 e. The van der Waals surface area contributed by atoms with Crippen LogP contribution < -0.4 is 10.1 Å². The molecule has 1 unspecified atom stereocenters. The molecule has 0 saturated carbocycles. The van der Waals surface area contributed by atoms with E-state index in [0.29, 0.717) is 5.88 Å². The van der Waals surface area contributed by atoms with E-state index in [2.05, 4.69) is 43.0 Å². The van der Waals surface area contributed by atoms with Gasteiger partial charge in [0, 0.05) is 19.0 Å². The van der Waals surface area contributed by atoms with Gasteiger partial charge in [-0.25, -0.2) is 4.98 Å². The van der Waals surface area contributed by atoms with Crippen LogP contribution in [0.5, 0.6) is 5.88 Å². The van der Waals surface area contributed by atoms with Crippen LogP contribution in [-0.2, 0) is 6.42 Å². The first kappa shape index (κ1) is 16.7. The molecular weight excluding hydrogens is 250 g/mol. The third-order valence-electron chi connectivity index (χ3n) is 3.21. The fourth-order valence-electron chi connectivity index (χ4n) is 2.09. The third-order valence-corrected chi connectivity index (χ3v) is 3.21. The van der Waals surface area contributed by atoms with E-state index in [4.69, 9.17) is 4.74 Å². The molecule has 1 N–H and O–H groups in total. The van der Waals surface area contributed by atoms with Gasteiger partial charge in [-0.05, 0) is 26.7 Å². The van der Waals surface area contributed by atoms with Crippen LogP contribution in [0.25, 0.3) is 0 Å². The zero-order chi connectivity index (χ0) is 14.8. The molecule has 114 valence electrons. The maximum absolute atomic E-state index is 5.93. The number of aromatic nitrogens is 2. The number of hydrogen-bond acceptors (Lipinski definition) is 4. The van der Waals surface area contributed by atoms with Crippen molar-refractivity contribution in [3.8, 4) is 5.88 Å². The molecule has 0 radical (unpaired) electrons. The molecule has 0 aliphatic carbocycles. The first-order valence-electron chi connectivity index (χ1n) is 7.98. The minimum Gasteiger partial charge on any atom is -0.475 e. The van der Waals surface area contributed by atoms with Crippen LogP contribution in [0.15, 0.2) is 6.07 Å². The summed E-state index contributed by atoms with van der Waals surface area (Å²) in [5.74, 6) is 2.37. The summed E-state index contributed by atoms with van der Waals surface area (Å²) in [5.41, 5.74) is 0. The molecule has 4 heteroatoms. The van der Waals surface area contributed by atoms with Gasteiger partial charge in [0.05, 0.1) is 6.10 Å². The normalized spacial score (nSPS) is 12.2. The molecule has 0 aliphatic rings. The first-order valence-corrected chi connectivity index (χ1v) is 7.98. The Kier molecular flexibility index (Phi) is 8.00. The molecule has 1 rings (SSSR count). The Balaban J connectivity index is 2.54. The quantitative estimate of drug-likeness (QED) is 0.652. The van der Waals surface area contributed by atoms with Gasteiger partial charge in [0.1, 0.15) is 11.6 Å². The molecule has 1 aromatic heterocycles. The Morgan fingerprint density at radius 2 is 1.95 bits per heavy atom. The lowest BCUT2D eigenvalue weighted by atomic mass is 10.1. The van der Waals surface area contributed by atoms with Gasteiger partial charge >= 0.3 is 0 Å². The number of rotatable bonds is 10. The van der Waals surface area contributed by atoms with Gasteiger partial charge in [0.25, 0.3) is 0 Å². The smallest absolute Gasteiger partial charge is 0.218 e. The molecule has 0 bridgehead atoms. The van der Waals surface area contributed by atoms with Gasteiger partial charge in [0.15, 0.2) is 0 Å². The van der Waals surface area contributed by atoms with Crippen LogP contribution in [0.3, 0.4) is 0 Å². The lowest BCUT2D eigenvalue weighted by molar-refractivity contribution is 0.197. The summed E-state index contributed by atoms with van der Waals surface area (Å²) in [6.45, 7) is 9.32. The number of nitrogens with zero attached hydrogens (tertiary/aromatic N) is 2. The topological polar surface area (TPSA) is 47.0 Å². The molecule has 1 aromatic rings. The zero-order valence-electron chi connectivity index (χ0n) is 13.4. The fraction of sp³-hybridized carbons (Fsp3) is 0.750. The molecule has 0 saturated heterocycles. The predicted molar refractivity (Wildman–Crippen MR) is 84.4 cm³/mol. The number of nitrogens with one attached hydrogen (secondary N) is 1. The van der Waals surface area contributed by atoms with Gasteiger partial charge < -0.3 is 10.1 Å². The van der Waals surface area contributed by atoms with Gasteiger partial charge in [-0.15, -0.1) is 0 Å². The van der Waals surface area contributed by atoms with Crippen molar-refractivity contribution in [2.45, 2.75) is 72.3 Å². The Bertz CT molecular complexity index is 382. The van der Waals surface area contributed by atoms with Crippen LogP contribution in [0, 0.1) is 0 Å². The van der Waals surface area contributed by atoms with E-state index >= 15 is 0 Å². The van der Waals surface area contributed by atoms with Gasteiger partial charge in [-0.3, -0.25) is 0 Å². The second kappa shape index (κ2) is 9.56. The molecule has 20 heavy (non-hydrogen) atoms. The predicted octanol–water partition coefficient (Wildman–Crippen LogP) is 4.21. The summed E-state index contributed by atoms with van der Waals surface area (Å²) in [7, 11) is 0. The van der Waals surface area contributed by atoms with Crippen molar-refractivity contribution in [2.75, 3.05) is 11.9 Å². The lowest BCUT2D eigenvalue weighted by Gasteiger charge is -2.15. The van der Waals surface area contributed by atoms with Gasteiger partial charge in [-0.1, -0.05) is 33.1 Å². The highest BCUT2D eigenvalue weighted by atomic mass is 16.5. The minimum absolute atomic E-state index is 0.209. The Morgan fingerprint density at radius 1 is 1.15 bits per heavy atom. The number of aryl methyl sites for hydroxylation is 1. The van der Waals surface area contributed by atoms with Crippen molar-refractivity contribution in [1.82, 2.24) is 9.97 Å². The second-order valence-corrected chi connectivity index (χ2v) is 5.17. The van der Waals surface area contributed by atoms with Crippen molar-refractivity contribution in [3.05, 3.63) is 11.9 Å². The standard InChI is InChI=1S/C16H29N3O/c1-5-8-9-10-11-13(4)20-16-12-15(17-7-3)18-14(6-2)19-16/h12-13H,5-11H2,1-4H3,(H,17,18,19). The van der Waals surface area contributed by atoms with Gasteiger partial charge in [0.2, 0.25) is 5.88 Å². The highest BCUT2D eigenvalue weighted by Gasteiger charge is 2.08. The first-order chi connectivity index (χ1) is 9.69. The van der Waals surface area contributed by atoms with Crippen molar-refractivity contribution in [1.29, 1.82) is 0 Å². The summed E-state index contributed by atoms with van der Waals surface area (Å²) >= 11 is 0. The van der Waals surface area contributed by atoms with Crippen molar-refractivity contribution >= 4 is 5.82 Å². The van der Waals surface area contributed by atoms with E-state index in [-0.39, 0.29) is 6.10 Å². The van der Waals surface area contributed by atoms with Crippen LogP contribution in [0.4, 0.5) is 5.82 Å². The number of unbranched alkanes of at least 4 members (excludes halogenated alkanes) is 3. The molecule has 0 amide bonds. The summed E-state index contributed by atoms with van der Waals surface area (Å²) in [5, 5.41) is 3.22. The molecule has 1 heterocycles. The monoisotopic (exact) mass is 279 g/mol. The largest absolute Gasteiger partial charge is 0.475 e. The summed E-state index contributed by atoms with van der Waals surface area (Å²) in [6.07, 6.45) is 7.21. The van der Waals surface area contributed by atoms with Crippen LogP contribution in [0.2, 0.25) is 0 Å². The molecule has 0 aliphatic heterocycles. The van der Waals surface area contributed by atoms with E-state index in [1.165, 1.54) is 25.7 Å². The average Bonchev–Trinajstić information content (AvgIpc) is 2.43. The van der Waals surface area contributed by atoms with Crippen molar-refractivity contribution in [3.63, 3.8) is 0 Å². The Morgan fingerprint density at radius 3 is 2.60 bits per heavy atom. The van der Waals surface area contributed by atoms with E-state index in [1.807, 2.05) is 6.07 Å². The Labute approximate surface area is 123 Å². The summed E-state index contributed by atoms with van der Waals surface area (Å²) in [4.78, 5) is 8.88. The minimum atomic E-state index is 0.209. The zero-order valence-corrected chi connectivity index (χ0v) is 13.4. The highest BCUT2D eigenvalue weighted by Crippen LogP contribution is 2.17. The van der Waals surface area contributed by atoms with Crippen molar-refractivity contribution in [2.24, 2.45) is 0 Å². The molecule has 4 nitrogen and oxygen atoms in total. The number of hydrogen-bond donors (Lipinski definition) is 1. The van der Waals surface area contributed by atoms with Crippen LogP contribution >= 0.6 is 0 Å². The number of ether oxygens (including phenoxy) is 1. The van der Waals surface area contributed by atoms with Crippen LogP contribution in [-0.4, -0.2) is 22.6 Å². The third kappa shape index (κ3) is 6.22. The highest BCUT2D eigenvalue weighted by molar-refractivity contribution is 5.38.